The standard InChI is InChI=1S/C35H48N8O6/c1-3-20(2)28-31(46)39-24(10-6-15-38-35(36)37)30(45)40-25(19-21-12-13-22-8-4-5-9-23(22)18-21)33(48)42-16-7-11-26(42)34(49)43-17-14-27(44)29(43)32(47)41-28/h4-5,8-9,12-13,18,20,24-29,44H,3,6-7,10-11,14-17,19H2,1-2H3,(H,39,46)(H,40,45)(H,41,47)(H4,36,37,38)/t20-,24+,25-,26+,27-,28-,29+/m0/s1. The number of hydrogen-bond donors (Lipinski definition) is 6. The zero-order valence-electron chi connectivity index (χ0n) is 28.1. The summed E-state index contributed by atoms with van der Waals surface area (Å²) in [6.07, 6.45) is 1.13. The minimum Gasteiger partial charge on any atom is -0.390 e. The van der Waals surface area contributed by atoms with E-state index in [1.165, 1.54) is 9.80 Å². The van der Waals surface area contributed by atoms with Gasteiger partial charge < -0.3 is 42.3 Å². The van der Waals surface area contributed by atoms with Crippen LogP contribution < -0.4 is 27.4 Å². The Morgan fingerprint density at radius 2 is 1.63 bits per heavy atom. The lowest BCUT2D eigenvalue weighted by Crippen LogP contribution is -2.60. The molecule has 0 unspecified atom stereocenters. The number of benzene rings is 2. The second-order valence-electron chi connectivity index (χ2n) is 13.4. The molecule has 3 aliphatic rings. The number of nitrogens with one attached hydrogen (secondary N) is 3. The van der Waals surface area contributed by atoms with Gasteiger partial charge in [-0.15, -0.1) is 0 Å². The molecule has 14 heteroatoms. The van der Waals surface area contributed by atoms with Crippen LogP contribution in [0.1, 0.15) is 57.9 Å². The number of carbonyl (C=O) groups is 5. The molecule has 264 valence electrons. The number of aliphatic hydroxyl groups excluding tert-OH is 1. The highest BCUT2D eigenvalue weighted by Gasteiger charge is 2.48. The molecule has 5 rings (SSSR count). The zero-order valence-corrected chi connectivity index (χ0v) is 28.1. The van der Waals surface area contributed by atoms with Crippen molar-refractivity contribution in [1.82, 2.24) is 25.8 Å². The molecule has 0 spiro atoms. The number of rotatable bonds is 8. The number of hydrogen-bond acceptors (Lipinski definition) is 7. The van der Waals surface area contributed by atoms with Crippen LogP contribution >= 0.6 is 0 Å². The van der Waals surface area contributed by atoms with Gasteiger partial charge >= 0.3 is 0 Å². The van der Waals surface area contributed by atoms with Crippen LogP contribution in [0.2, 0.25) is 0 Å². The van der Waals surface area contributed by atoms with E-state index in [2.05, 4.69) is 20.9 Å². The number of carbonyl (C=O) groups excluding carboxylic acids is 5. The number of amides is 5. The van der Waals surface area contributed by atoms with Gasteiger partial charge in [0.1, 0.15) is 30.2 Å². The highest BCUT2D eigenvalue weighted by Crippen LogP contribution is 2.27. The Morgan fingerprint density at radius 1 is 0.898 bits per heavy atom. The van der Waals surface area contributed by atoms with Gasteiger partial charge in [0.05, 0.1) is 6.10 Å². The first-order valence-corrected chi connectivity index (χ1v) is 17.2. The van der Waals surface area contributed by atoms with Crippen LogP contribution in [-0.4, -0.2) is 106 Å². The van der Waals surface area contributed by atoms with Gasteiger partial charge in [-0.1, -0.05) is 62.7 Å². The molecule has 2 aromatic rings. The molecule has 0 saturated carbocycles. The summed E-state index contributed by atoms with van der Waals surface area (Å²) in [5.41, 5.74) is 11.8. The third-order valence-corrected chi connectivity index (χ3v) is 9.98. The summed E-state index contributed by atoms with van der Waals surface area (Å²) < 4.78 is 0. The van der Waals surface area contributed by atoms with E-state index in [0.29, 0.717) is 32.2 Å². The molecule has 3 heterocycles. The van der Waals surface area contributed by atoms with E-state index in [1.807, 2.05) is 49.4 Å². The quantitative estimate of drug-likeness (QED) is 0.126. The number of aliphatic hydroxyl groups is 1. The second kappa shape index (κ2) is 15.7. The van der Waals surface area contributed by atoms with Gasteiger partial charge in [0.15, 0.2) is 5.96 Å². The van der Waals surface area contributed by atoms with Crippen LogP contribution in [0.4, 0.5) is 0 Å². The molecule has 7 atom stereocenters. The summed E-state index contributed by atoms with van der Waals surface area (Å²) in [7, 11) is 0. The third-order valence-electron chi connectivity index (χ3n) is 9.98. The van der Waals surface area contributed by atoms with Gasteiger partial charge in [0.2, 0.25) is 29.5 Å². The van der Waals surface area contributed by atoms with E-state index in [9.17, 15) is 29.1 Å². The maximum Gasteiger partial charge on any atom is 0.246 e. The average Bonchev–Trinajstić information content (AvgIpc) is 3.73. The fourth-order valence-corrected chi connectivity index (χ4v) is 7.07. The molecule has 49 heavy (non-hydrogen) atoms. The molecule has 0 radical (unpaired) electrons. The highest BCUT2D eigenvalue weighted by molar-refractivity contribution is 5.99. The molecule has 0 aliphatic carbocycles. The van der Waals surface area contributed by atoms with E-state index in [4.69, 9.17) is 11.5 Å². The van der Waals surface area contributed by atoms with E-state index in [-0.39, 0.29) is 44.2 Å². The molecule has 2 aromatic carbocycles. The molecule has 0 bridgehead atoms. The van der Waals surface area contributed by atoms with E-state index in [0.717, 1.165) is 16.3 Å². The maximum atomic E-state index is 14.4. The van der Waals surface area contributed by atoms with E-state index >= 15 is 0 Å². The molecule has 8 N–H and O–H groups in total. The summed E-state index contributed by atoms with van der Waals surface area (Å²) in [5, 5.41) is 21.4. The van der Waals surface area contributed by atoms with Crippen molar-refractivity contribution in [2.75, 3.05) is 19.6 Å². The van der Waals surface area contributed by atoms with Crippen LogP contribution in [0.3, 0.4) is 0 Å². The maximum absolute atomic E-state index is 14.4. The van der Waals surface area contributed by atoms with Crippen molar-refractivity contribution < 1.29 is 29.1 Å². The SMILES string of the molecule is CC[C@H](C)[C@@H]1NC(=O)[C@H]2[C@@H](O)CCN2C(=O)[C@H]2CCCN2C(=O)[C@H](Cc2ccc3ccccc3c2)NC(=O)[C@@H](CCCN=C(N)N)NC1=O. The second-order valence-corrected chi connectivity index (χ2v) is 13.4. The van der Waals surface area contributed by atoms with Crippen molar-refractivity contribution in [2.45, 2.75) is 95.1 Å². The molecule has 5 amide bonds. The van der Waals surface area contributed by atoms with Crippen molar-refractivity contribution in [3.05, 3.63) is 48.0 Å². The van der Waals surface area contributed by atoms with Gasteiger partial charge in [-0.3, -0.25) is 29.0 Å². The fraction of sp³-hybridized carbons (Fsp3) is 0.543. The lowest BCUT2D eigenvalue weighted by Gasteiger charge is -2.33. The number of nitrogens with two attached hydrogens (primary N) is 2. The van der Waals surface area contributed by atoms with Crippen molar-refractivity contribution in [3.8, 4) is 0 Å². The Labute approximate surface area is 286 Å². The summed E-state index contributed by atoms with van der Waals surface area (Å²) in [6.45, 7) is 4.30. The molecular weight excluding hydrogens is 628 g/mol. The minimum absolute atomic E-state index is 0.103. The Balaban J connectivity index is 1.54. The van der Waals surface area contributed by atoms with Gasteiger partial charge in [0.25, 0.3) is 0 Å². The lowest BCUT2D eigenvalue weighted by molar-refractivity contribution is -0.149. The number of guanidine groups is 1. The molecular formula is C35H48N8O6. The molecule has 3 fully saturated rings. The fourth-order valence-electron chi connectivity index (χ4n) is 7.07. The molecule has 3 aliphatic heterocycles. The smallest absolute Gasteiger partial charge is 0.246 e. The van der Waals surface area contributed by atoms with Crippen LogP contribution in [0.25, 0.3) is 10.8 Å². The summed E-state index contributed by atoms with van der Waals surface area (Å²) in [5.74, 6) is -3.16. The van der Waals surface area contributed by atoms with Crippen LogP contribution in [-0.2, 0) is 30.4 Å². The number of aliphatic imine (C=N–C) groups is 1. The van der Waals surface area contributed by atoms with Crippen LogP contribution in [0.5, 0.6) is 0 Å². The predicted molar refractivity (Wildman–Crippen MR) is 184 cm³/mol. The summed E-state index contributed by atoms with van der Waals surface area (Å²) >= 11 is 0. The molecule has 3 saturated heterocycles. The first-order valence-electron chi connectivity index (χ1n) is 17.2. The predicted octanol–water partition coefficient (Wildman–Crippen LogP) is -0.0972. The first-order chi connectivity index (χ1) is 23.5. The monoisotopic (exact) mass is 676 g/mol. The Hall–Kier alpha value is -4.72. The normalized spacial score (nSPS) is 27.4. The van der Waals surface area contributed by atoms with Gasteiger partial charge in [-0.05, 0) is 54.4 Å². The van der Waals surface area contributed by atoms with Crippen molar-refractivity contribution in [1.29, 1.82) is 0 Å². The topological polar surface area (TPSA) is 213 Å². The zero-order chi connectivity index (χ0) is 35.2. The Bertz CT molecular complexity index is 1590. The highest BCUT2D eigenvalue weighted by atomic mass is 16.3. The van der Waals surface area contributed by atoms with Crippen molar-refractivity contribution in [2.24, 2.45) is 22.4 Å². The largest absolute Gasteiger partial charge is 0.390 e. The average molecular weight is 677 g/mol. The number of fused-ring (bicyclic) bond motifs is 3. The van der Waals surface area contributed by atoms with E-state index in [1.54, 1.807) is 6.92 Å². The van der Waals surface area contributed by atoms with Crippen LogP contribution in [0, 0.1) is 5.92 Å². The third kappa shape index (κ3) is 8.12. The first kappa shape index (κ1) is 35.6. The van der Waals surface area contributed by atoms with Gasteiger partial charge in [0, 0.05) is 26.1 Å². The summed E-state index contributed by atoms with van der Waals surface area (Å²) in [6, 6.07) is 8.35. The van der Waals surface area contributed by atoms with Crippen molar-refractivity contribution in [3.63, 3.8) is 0 Å². The van der Waals surface area contributed by atoms with Crippen LogP contribution in [0.15, 0.2) is 47.5 Å². The summed E-state index contributed by atoms with van der Waals surface area (Å²) in [4.78, 5) is 77.0. The minimum atomic E-state index is -1.22. The van der Waals surface area contributed by atoms with Gasteiger partial charge in [-0.2, -0.15) is 0 Å². The Kier molecular flexibility index (Phi) is 11.4. The van der Waals surface area contributed by atoms with Crippen molar-refractivity contribution >= 4 is 46.3 Å². The molecule has 0 aromatic heterocycles. The Morgan fingerprint density at radius 3 is 2.37 bits per heavy atom. The van der Waals surface area contributed by atoms with Gasteiger partial charge in [-0.25, -0.2) is 0 Å². The molecule has 14 nitrogen and oxygen atoms in total. The lowest BCUT2D eigenvalue weighted by atomic mass is 9.96. The van der Waals surface area contributed by atoms with E-state index < -0.39 is 65.8 Å². The number of nitrogens with zero attached hydrogens (tertiary/aromatic N) is 3.